The van der Waals surface area contributed by atoms with Gasteiger partial charge in [0.25, 0.3) is 5.91 Å². The molecule has 1 N–H and O–H groups in total. The molecule has 1 fully saturated rings. The Morgan fingerprint density at radius 1 is 1.17 bits per heavy atom. The van der Waals surface area contributed by atoms with E-state index in [1.807, 2.05) is 17.5 Å². The zero-order chi connectivity index (χ0) is 20.2. The summed E-state index contributed by atoms with van der Waals surface area (Å²) in [6.45, 7) is 7.62. The lowest BCUT2D eigenvalue weighted by molar-refractivity contribution is -0.0704. The van der Waals surface area contributed by atoms with Crippen LogP contribution in [0, 0.1) is 0 Å². The number of hydrogen-bond donors (Lipinski definition) is 1. The fourth-order valence-corrected chi connectivity index (χ4v) is 5.23. The number of aromatic nitrogens is 1. The number of thiazole rings is 1. The van der Waals surface area contributed by atoms with Gasteiger partial charge in [0, 0.05) is 26.2 Å². The lowest BCUT2D eigenvalue weighted by Crippen LogP contribution is -2.44. The average molecular weight is 428 g/mol. The smallest absolute Gasteiger partial charge is 0.263 e. The van der Waals surface area contributed by atoms with Crippen LogP contribution < -0.4 is 5.32 Å². The van der Waals surface area contributed by atoms with Gasteiger partial charge in [-0.2, -0.15) is 0 Å². The molecule has 2 atom stereocenters. The highest BCUT2D eigenvalue weighted by Gasteiger charge is 2.22. The van der Waals surface area contributed by atoms with Crippen LogP contribution in [0.2, 0.25) is 0 Å². The number of rotatable bonds is 6. The summed E-state index contributed by atoms with van der Waals surface area (Å²) < 4.78 is 5.80. The molecule has 0 spiro atoms. The minimum absolute atomic E-state index is 0.0781. The van der Waals surface area contributed by atoms with Gasteiger partial charge < -0.3 is 10.1 Å². The van der Waals surface area contributed by atoms with Crippen LogP contribution in [0.4, 0.5) is 0 Å². The molecule has 2 unspecified atom stereocenters. The minimum atomic E-state index is -0.0781. The molecule has 4 rings (SSSR count). The van der Waals surface area contributed by atoms with E-state index >= 15 is 0 Å². The molecule has 0 bridgehead atoms. The Morgan fingerprint density at radius 2 is 1.90 bits per heavy atom. The number of ether oxygens (including phenoxy) is 1. The van der Waals surface area contributed by atoms with Crippen LogP contribution in [-0.2, 0) is 17.8 Å². The van der Waals surface area contributed by atoms with Gasteiger partial charge in [0.05, 0.1) is 23.3 Å². The van der Waals surface area contributed by atoms with Crippen LogP contribution in [0.1, 0.15) is 34.6 Å². The van der Waals surface area contributed by atoms with Crippen LogP contribution in [-0.4, -0.2) is 41.1 Å². The standard InChI is InChI=1S/C22H25N3O2S2/c1-15-12-25(13-16(2)27-15)14-18-7-5-17(6-8-18)10-23-21(26)20-11-24-22(29-20)19-4-3-9-28-19/h3-9,11,15-16H,10,12-14H2,1-2H3,(H,23,26). The van der Waals surface area contributed by atoms with Gasteiger partial charge >= 0.3 is 0 Å². The molecule has 29 heavy (non-hydrogen) atoms. The third-order valence-electron chi connectivity index (χ3n) is 4.84. The average Bonchev–Trinajstić information content (AvgIpc) is 3.38. The maximum atomic E-state index is 12.4. The molecule has 1 aliphatic rings. The molecule has 1 aromatic carbocycles. The number of thiophene rings is 1. The molecule has 3 heterocycles. The van der Waals surface area contributed by atoms with E-state index in [2.05, 4.69) is 53.3 Å². The van der Waals surface area contributed by atoms with E-state index in [1.54, 1.807) is 17.5 Å². The summed E-state index contributed by atoms with van der Waals surface area (Å²) in [5.74, 6) is -0.0781. The number of carbonyl (C=O) groups is 1. The Morgan fingerprint density at radius 3 is 2.59 bits per heavy atom. The molecule has 7 heteroatoms. The Balaban J connectivity index is 1.29. The van der Waals surface area contributed by atoms with Crippen molar-refractivity contribution in [3.05, 3.63) is 64.0 Å². The van der Waals surface area contributed by atoms with E-state index < -0.39 is 0 Å². The van der Waals surface area contributed by atoms with Crippen molar-refractivity contribution in [1.82, 2.24) is 15.2 Å². The summed E-state index contributed by atoms with van der Waals surface area (Å²) in [5.41, 5.74) is 2.37. The SMILES string of the molecule is CC1CN(Cc2ccc(CNC(=O)c3cnc(-c4cccs4)s3)cc2)CC(C)O1. The first-order valence-electron chi connectivity index (χ1n) is 9.80. The lowest BCUT2D eigenvalue weighted by atomic mass is 10.1. The highest BCUT2D eigenvalue weighted by molar-refractivity contribution is 7.21. The van der Waals surface area contributed by atoms with Gasteiger partial charge in [-0.05, 0) is 36.4 Å². The summed E-state index contributed by atoms with van der Waals surface area (Å²) >= 11 is 3.06. The van der Waals surface area contributed by atoms with Gasteiger partial charge in [-0.1, -0.05) is 30.3 Å². The molecule has 1 aliphatic heterocycles. The normalized spacial score (nSPS) is 19.9. The monoisotopic (exact) mass is 427 g/mol. The predicted octanol–water partition coefficient (Wildman–Crippen LogP) is 4.41. The van der Waals surface area contributed by atoms with E-state index in [1.165, 1.54) is 16.9 Å². The van der Waals surface area contributed by atoms with Crippen molar-refractivity contribution in [2.75, 3.05) is 13.1 Å². The first kappa shape index (κ1) is 20.2. The molecule has 5 nitrogen and oxygen atoms in total. The van der Waals surface area contributed by atoms with Gasteiger partial charge in [0.2, 0.25) is 0 Å². The fraction of sp³-hybridized carbons (Fsp3) is 0.364. The maximum absolute atomic E-state index is 12.4. The number of morpholine rings is 1. The minimum Gasteiger partial charge on any atom is -0.373 e. The fourth-order valence-electron chi connectivity index (χ4n) is 3.60. The van der Waals surface area contributed by atoms with E-state index in [-0.39, 0.29) is 18.1 Å². The Labute approximate surface area is 179 Å². The molecule has 1 saturated heterocycles. The molecule has 0 radical (unpaired) electrons. The van der Waals surface area contributed by atoms with Gasteiger partial charge in [0.1, 0.15) is 9.88 Å². The van der Waals surface area contributed by atoms with Gasteiger partial charge in [0.15, 0.2) is 0 Å². The molecule has 1 amide bonds. The summed E-state index contributed by atoms with van der Waals surface area (Å²) in [5, 5.41) is 5.90. The van der Waals surface area contributed by atoms with Crippen LogP contribution >= 0.6 is 22.7 Å². The van der Waals surface area contributed by atoms with Crippen molar-refractivity contribution < 1.29 is 9.53 Å². The van der Waals surface area contributed by atoms with Crippen molar-refractivity contribution in [1.29, 1.82) is 0 Å². The molecule has 2 aromatic heterocycles. The first-order valence-corrected chi connectivity index (χ1v) is 11.5. The summed E-state index contributed by atoms with van der Waals surface area (Å²) in [6, 6.07) is 12.5. The third-order valence-corrected chi connectivity index (χ3v) is 6.87. The number of carbonyl (C=O) groups excluding carboxylic acids is 1. The quantitative estimate of drug-likeness (QED) is 0.633. The third kappa shape index (κ3) is 5.30. The molecule has 3 aromatic rings. The predicted molar refractivity (Wildman–Crippen MR) is 118 cm³/mol. The maximum Gasteiger partial charge on any atom is 0.263 e. The van der Waals surface area contributed by atoms with Crippen molar-refractivity contribution in [2.45, 2.75) is 39.1 Å². The lowest BCUT2D eigenvalue weighted by Gasteiger charge is -2.35. The topological polar surface area (TPSA) is 54.5 Å². The van der Waals surface area contributed by atoms with E-state index in [4.69, 9.17) is 4.74 Å². The van der Waals surface area contributed by atoms with Crippen molar-refractivity contribution in [2.24, 2.45) is 0 Å². The van der Waals surface area contributed by atoms with Gasteiger partial charge in [-0.25, -0.2) is 4.98 Å². The Hall–Kier alpha value is -2.06. The highest BCUT2D eigenvalue weighted by Crippen LogP contribution is 2.28. The first-order chi connectivity index (χ1) is 14.1. The number of nitrogens with zero attached hydrogens (tertiary/aromatic N) is 2. The Bertz CT molecular complexity index is 927. The van der Waals surface area contributed by atoms with Crippen LogP contribution in [0.3, 0.4) is 0 Å². The molecule has 0 aliphatic carbocycles. The Kier molecular flexibility index (Phi) is 6.40. The van der Waals surface area contributed by atoms with E-state index in [0.717, 1.165) is 35.1 Å². The molecular weight excluding hydrogens is 402 g/mol. The van der Waals surface area contributed by atoms with Crippen molar-refractivity contribution in [3.63, 3.8) is 0 Å². The van der Waals surface area contributed by atoms with Crippen molar-refractivity contribution in [3.8, 4) is 9.88 Å². The van der Waals surface area contributed by atoms with Gasteiger partial charge in [-0.3, -0.25) is 9.69 Å². The molecule has 0 saturated carbocycles. The van der Waals surface area contributed by atoms with Crippen LogP contribution in [0.5, 0.6) is 0 Å². The molecular formula is C22H25N3O2S2. The zero-order valence-corrected chi connectivity index (χ0v) is 18.3. The second-order valence-corrected chi connectivity index (χ2v) is 9.44. The highest BCUT2D eigenvalue weighted by atomic mass is 32.1. The van der Waals surface area contributed by atoms with Crippen LogP contribution in [0.25, 0.3) is 9.88 Å². The van der Waals surface area contributed by atoms with E-state index in [0.29, 0.717) is 11.4 Å². The zero-order valence-electron chi connectivity index (χ0n) is 16.6. The summed E-state index contributed by atoms with van der Waals surface area (Å²) in [4.78, 5) is 21.0. The van der Waals surface area contributed by atoms with Crippen LogP contribution in [0.15, 0.2) is 48.0 Å². The number of benzene rings is 1. The number of nitrogens with one attached hydrogen (secondary N) is 1. The largest absolute Gasteiger partial charge is 0.373 e. The summed E-state index contributed by atoms with van der Waals surface area (Å²) in [6.07, 6.45) is 2.21. The second-order valence-electron chi connectivity index (χ2n) is 7.46. The second kappa shape index (κ2) is 9.17. The number of hydrogen-bond acceptors (Lipinski definition) is 6. The van der Waals surface area contributed by atoms with E-state index in [9.17, 15) is 4.79 Å². The molecule has 152 valence electrons. The van der Waals surface area contributed by atoms with Gasteiger partial charge in [-0.15, -0.1) is 22.7 Å². The summed E-state index contributed by atoms with van der Waals surface area (Å²) in [7, 11) is 0. The number of amides is 1. The van der Waals surface area contributed by atoms with Crippen molar-refractivity contribution >= 4 is 28.6 Å².